The van der Waals surface area contributed by atoms with Gasteiger partial charge in [-0.25, -0.2) is 0 Å². The number of furan rings is 1. The maximum absolute atomic E-state index is 13.0. The van der Waals surface area contributed by atoms with Crippen molar-refractivity contribution in [1.29, 1.82) is 0 Å². The van der Waals surface area contributed by atoms with Gasteiger partial charge in [0, 0.05) is 25.5 Å². The minimum atomic E-state index is -0.652. The number of nitrogens with zero attached hydrogens (tertiary/aromatic N) is 3. The normalized spacial score (nSPS) is 12.0. The molecule has 0 aliphatic carbocycles. The van der Waals surface area contributed by atoms with Gasteiger partial charge in [0.05, 0.1) is 25.9 Å². The molecule has 0 aromatic carbocycles. The van der Waals surface area contributed by atoms with Crippen molar-refractivity contribution >= 4 is 23.4 Å². The molecule has 2 heterocycles. The first-order valence-electron chi connectivity index (χ1n) is 8.75. The summed E-state index contributed by atoms with van der Waals surface area (Å²) in [4.78, 5) is 28.5. The molecule has 142 valence electrons. The van der Waals surface area contributed by atoms with Gasteiger partial charge < -0.3 is 18.8 Å². The quantitative estimate of drug-likeness (QED) is 0.629. The average molecular weight is 380 g/mol. The molecule has 7 heteroatoms. The molecule has 6 nitrogen and oxygen atoms in total. The van der Waals surface area contributed by atoms with Gasteiger partial charge in [-0.3, -0.25) is 9.59 Å². The maximum atomic E-state index is 13.0. The Hall–Kier alpha value is -2.21. The lowest BCUT2D eigenvalue weighted by molar-refractivity contribution is -0.141. The molecular weight excluding hydrogens is 354 g/mol. The van der Waals surface area contributed by atoms with E-state index in [1.165, 1.54) is 4.90 Å². The average Bonchev–Trinajstić information content (AvgIpc) is 3.25. The van der Waals surface area contributed by atoms with Crippen LogP contribution in [0.2, 0.25) is 0 Å². The van der Waals surface area contributed by atoms with Crippen molar-refractivity contribution < 1.29 is 14.0 Å². The third-order valence-electron chi connectivity index (χ3n) is 4.16. The number of amides is 2. The van der Waals surface area contributed by atoms with Gasteiger partial charge in [0.1, 0.15) is 11.1 Å². The topological polar surface area (TPSA) is 58.7 Å². The minimum Gasteiger partial charge on any atom is -0.467 e. The molecule has 1 atom stereocenters. The molecular formula is C19H26ClN3O3. The van der Waals surface area contributed by atoms with Crippen LogP contribution in [0.1, 0.15) is 31.7 Å². The predicted molar refractivity (Wildman–Crippen MR) is 101 cm³/mol. The van der Waals surface area contributed by atoms with Crippen molar-refractivity contribution in [2.45, 2.75) is 38.7 Å². The second-order valence-electron chi connectivity index (χ2n) is 6.32. The molecule has 2 aromatic heterocycles. The van der Waals surface area contributed by atoms with Gasteiger partial charge in [-0.1, -0.05) is 6.92 Å². The Balaban J connectivity index is 2.15. The maximum Gasteiger partial charge on any atom is 0.242 e. The van der Waals surface area contributed by atoms with Crippen LogP contribution in [0.5, 0.6) is 0 Å². The van der Waals surface area contributed by atoms with Gasteiger partial charge in [0.25, 0.3) is 0 Å². The van der Waals surface area contributed by atoms with E-state index in [1.807, 2.05) is 42.9 Å². The molecule has 0 aliphatic rings. The van der Waals surface area contributed by atoms with Crippen molar-refractivity contribution in [3.63, 3.8) is 0 Å². The van der Waals surface area contributed by atoms with E-state index in [4.69, 9.17) is 16.0 Å². The summed E-state index contributed by atoms with van der Waals surface area (Å²) in [5.41, 5.74) is 1.00. The molecule has 0 spiro atoms. The smallest absolute Gasteiger partial charge is 0.242 e. The van der Waals surface area contributed by atoms with Crippen LogP contribution in [0, 0.1) is 0 Å². The molecule has 0 radical (unpaired) electrons. The van der Waals surface area contributed by atoms with E-state index < -0.39 is 5.38 Å². The predicted octanol–water partition coefficient (Wildman–Crippen LogP) is 3.01. The Morgan fingerprint density at radius 3 is 2.54 bits per heavy atom. The molecule has 26 heavy (non-hydrogen) atoms. The lowest BCUT2D eigenvalue weighted by atomic mass is 10.3. The number of hydrogen-bond acceptors (Lipinski definition) is 3. The van der Waals surface area contributed by atoms with Gasteiger partial charge in [0.2, 0.25) is 11.8 Å². The fourth-order valence-electron chi connectivity index (χ4n) is 2.73. The van der Waals surface area contributed by atoms with Crippen LogP contribution >= 0.6 is 11.6 Å². The van der Waals surface area contributed by atoms with Crippen LogP contribution in [-0.2, 0) is 29.7 Å². The number of halogens is 1. The third-order valence-corrected chi connectivity index (χ3v) is 4.34. The van der Waals surface area contributed by atoms with Gasteiger partial charge >= 0.3 is 0 Å². The van der Waals surface area contributed by atoms with E-state index in [1.54, 1.807) is 24.2 Å². The van der Waals surface area contributed by atoms with Crippen molar-refractivity contribution in [2.24, 2.45) is 7.05 Å². The van der Waals surface area contributed by atoms with Crippen molar-refractivity contribution in [3.05, 3.63) is 48.2 Å². The van der Waals surface area contributed by atoms with Gasteiger partial charge in [0.15, 0.2) is 0 Å². The van der Waals surface area contributed by atoms with Crippen LogP contribution in [0.15, 0.2) is 41.1 Å². The lowest BCUT2D eigenvalue weighted by Gasteiger charge is -2.28. The van der Waals surface area contributed by atoms with E-state index >= 15 is 0 Å². The monoisotopic (exact) mass is 379 g/mol. The number of aromatic nitrogens is 1. The molecule has 2 rings (SSSR count). The van der Waals surface area contributed by atoms with Gasteiger partial charge in [-0.05, 0) is 37.6 Å². The Morgan fingerprint density at radius 2 is 2.00 bits per heavy atom. The van der Waals surface area contributed by atoms with E-state index in [-0.39, 0.29) is 18.4 Å². The highest BCUT2D eigenvalue weighted by atomic mass is 35.5. The number of rotatable bonds is 9. The fraction of sp³-hybridized carbons (Fsp3) is 0.474. The van der Waals surface area contributed by atoms with Gasteiger partial charge in [-0.2, -0.15) is 0 Å². The second kappa shape index (κ2) is 9.48. The fourth-order valence-corrected chi connectivity index (χ4v) is 2.87. The van der Waals surface area contributed by atoms with E-state index in [0.717, 1.165) is 12.1 Å². The number of aryl methyl sites for hydroxylation is 1. The Labute approximate surface area is 159 Å². The first-order valence-corrected chi connectivity index (χ1v) is 9.19. The first-order chi connectivity index (χ1) is 12.4. The lowest BCUT2D eigenvalue weighted by Crippen LogP contribution is -2.45. The zero-order valence-corrected chi connectivity index (χ0v) is 16.3. The molecule has 0 unspecified atom stereocenters. The molecule has 0 saturated carbocycles. The number of carbonyl (C=O) groups is 2. The van der Waals surface area contributed by atoms with Crippen molar-refractivity contribution in [1.82, 2.24) is 14.4 Å². The highest BCUT2D eigenvalue weighted by Crippen LogP contribution is 2.13. The zero-order valence-electron chi connectivity index (χ0n) is 15.5. The van der Waals surface area contributed by atoms with Crippen molar-refractivity contribution in [3.8, 4) is 0 Å². The van der Waals surface area contributed by atoms with E-state index in [0.29, 0.717) is 25.4 Å². The minimum absolute atomic E-state index is 0.00879. The molecule has 0 bridgehead atoms. The molecule has 0 aliphatic heterocycles. The molecule has 0 fully saturated rings. The summed E-state index contributed by atoms with van der Waals surface area (Å²) in [6, 6.07) is 7.54. The highest BCUT2D eigenvalue weighted by molar-refractivity contribution is 6.30. The summed E-state index contributed by atoms with van der Waals surface area (Å²) >= 11 is 5.94. The number of alkyl halides is 1. The first kappa shape index (κ1) is 20.1. The second-order valence-corrected chi connectivity index (χ2v) is 6.97. The van der Waals surface area contributed by atoms with E-state index in [9.17, 15) is 9.59 Å². The largest absolute Gasteiger partial charge is 0.467 e. The Bertz CT molecular complexity index is 709. The number of carbonyl (C=O) groups excluding carboxylic acids is 2. The summed E-state index contributed by atoms with van der Waals surface area (Å²) in [6.45, 7) is 4.89. The third kappa shape index (κ3) is 5.39. The summed E-state index contributed by atoms with van der Waals surface area (Å²) in [6.07, 6.45) is 4.29. The molecule has 2 aromatic rings. The molecule has 0 saturated heterocycles. The number of hydrogen-bond donors (Lipinski definition) is 0. The molecule has 0 N–H and O–H groups in total. The van der Waals surface area contributed by atoms with Crippen LogP contribution in [0.4, 0.5) is 0 Å². The van der Waals surface area contributed by atoms with Gasteiger partial charge in [-0.15, -0.1) is 11.6 Å². The van der Waals surface area contributed by atoms with Crippen LogP contribution in [0.25, 0.3) is 0 Å². The Kier molecular flexibility index (Phi) is 7.33. The summed E-state index contributed by atoms with van der Waals surface area (Å²) in [5.74, 6) is 0.340. The van der Waals surface area contributed by atoms with Crippen LogP contribution in [0.3, 0.4) is 0 Å². The Morgan fingerprint density at radius 1 is 1.23 bits per heavy atom. The zero-order chi connectivity index (χ0) is 19.1. The summed E-state index contributed by atoms with van der Waals surface area (Å²) in [7, 11) is 1.94. The highest BCUT2D eigenvalue weighted by Gasteiger charge is 2.24. The van der Waals surface area contributed by atoms with Crippen LogP contribution in [-0.4, -0.2) is 44.6 Å². The summed E-state index contributed by atoms with van der Waals surface area (Å²) < 4.78 is 7.37. The van der Waals surface area contributed by atoms with Crippen LogP contribution < -0.4 is 0 Å². The summed E-state index contributed by atoms with van der Waals surface area (Å²) in [5, 5.41) is -0.652. The standard InChI is InChI=1S/C19H26ClN3O3/c1-4-9-22(19(25)15(2)20)14-18(24)23(13-17-8-6-11-26-17)12-16-7-5-10-21(16)3/h5-8,10-11,15H,4,9,12-14H2,1-3H3/t15-/m1/s1. The van der Waals surface area contributed by atoms with Crippen molar-refractivity contribution in [2.75, 3.05) is 13.1 Å². The molecule has 2 amide bonds. The SMILES string of the molecule is CCCN(CC(=O)N(Cc1ccco1)Cc1cccn1C)C(=O)[C@@H](C)Cl. The van der Waals surface area contributed by atoms with E-state index in [2.05, 4.69) is 0 Å².